The molecule has 84 valence electrons. The van der Waals surface area contributed by atoms with Gasteiger partial charge in [0.2, 0.25) is 0 Å². The maximum absolute atomic E-state index is 13.1. The quantitative estimate of drug-likeness (QED) is 0.863. The van der Waals surface area contributed by atoms with Gasteiger partial charge in [-0.2, -0.15) is 0 Å². The summed E-state index contributed by atoms with van der Waals surface area (Å²) in [5.41, 5.74) is 7.58. The number of aromatic nitrogens is 1. The lowest BCUT2D eigenvalue weighted by Gasteiger charge is -1.98. The molecule has 0 spiro atoms. The molecule has 1 aromatic carbocycles. The Balaban J connectivity index is 2.31. The Kier molecular flexibility index (Phi) is 3.01. The van der Waals surface area contributed by atoms with Gasteiger partial charge < -0.3 is 10.3 Å². The van der Waals surface area contributed by atoms with E-state index in [4.69, 9.17) is 10.3 Å². The van der Waals surface area contributed by atoms with Crippen molar-refractivity contribution in [2.24, 2.45) is 5.73 Å². The molecule has 2 aromatic rings. The molecule has 0 saturated carbocycles. The molecule has 0 aliphatic carbocycles. The van der Waals surface area contributed by atoms with Crippen molar-refractivity contribution in [3.8, 4) is 11.3 Å². The Hall–Kier alpha value is -1.68. The van der Waals surface area contributed by atoms with Crippen LogP contribution in [-0.4, -0.2) is 11.7 Å². The minimum atomic E-state index is -0.213. The first-order chi connectivity index (χ1) is 7.70. The Bertz CT molecular complexity index is 494. The second-order valence-corrected chi connectivity index (χ2v) is 3.68. The van der Waals surface area contributed by atoms with Crippen LogP contribution in [-0.2, 0) is 6.42 Å². The molecular weight excluding hydrogens is 207 g/mol. The van der Waals surface area contributed by atoms with Gasteiger partial charge in [0.25, 0.3) is 0 Å². The Labute approximate surface area is 93.1 Å². The van der Waals surface area contributed by atoms with Crippen molar-refractivity contribution in [3.63, 3.8) is 0 Å². The highest BCUT2D eigenvalue weighted by Gasteiger charge is 2.07. The van der Waals surface area contributed by atoms with Crippen molar-refractivity contribution in [1.29, 1.82) is 0 Å². The minimum Gasteiger partial charge on any atom is -0.361 e. The van der Waals surface area contributed by atoms with Crippen molar-refractivity contribution < 1.29 is 8.91 Å². The molecule has 2 rings (SSSR count). The molecule has 0 bridgehead atoms. The average Bonchev–Trinajstić information content (AvgIpc) is 2.71. The standard InChI is InChI=1S/C12H13FN2O/c1-8-6-9(2-3-11(8)13)12-7-10(4-5-14)16-15-12/h2-3,6-7H,4-5,14H2,1H3. The highest BCUT2D eigenvalue weighted by molar-refractivity contribution is 5.59. The number of hydrogen-bond donors (Lipinski definition) is 1. The zero-order valence-corrected chi connectivity index (χ0v) is 9.03. The fraction of sp³-hybridized carbons (Fsp3) is 0.250. The Morgan fingerprint density at radius 2 is 2.19 bits per heavy atom. The third-order valence-corrected chi connectivity index (χ3v) is 2.40. The number of nitrogens with zero attached hydrogens (tertiary/aromatic N) is 1. The van der Waals surface area contributed by atoms with E-state index in [0.717, 1.165) is 11.3 Å². The fourth-order valence-corrected chi connectivity index (χ4v) is 1.51. The SMILES string of the molecule is Cc1cc(-c2cc(CCN)on2)ccc1F. The van der Waals surface area contributed by atoms with Crippen molar-refractivity contribution in [2.45, 2.75) is 13.3 Å². The largest absolute Gasteiger partial charge is 0.361 e. The first-order valence-corrected chi connectivity index (χ1v) is 5.13. The third-order valence-electron chi connectivity index (χ3n) is 2.40. The molecule has 0 saturated heterocycles. The van der Waals surface area contributed by atoms with Gasteiger partial charge in [-0.05, 0) is 37.2 Å². The molecule has 3 nitrogen and oxygen atoms in total. The molecule has 0 unspecified atom stereocenters. The van der Waals surface area contributed by atoms with Crippen molar-refractivity contribution in [1.82, 2.24) is 5.16 Å². The second kappa shape index (κ2) is 4.45. The smallest absolute Gasteiger partial charge is 0.138 e. The van der Waals surface area contributed by atoms with E-state index in [2.05, 4.69) is 5.16 Å². The van der Waals surface area contributed by atoms with E-state index in [0.29, 0.717) is 24.2 Å². The molecular formula is C12H13FN2O. The number of halogens is 1. The molecule has 0 amide bonds. The van der Waals surface area contributed by atoms with Gasteiger partial charge in [0.05, 0.1) is 0 Å². The molecule has 0 aliphatic rings. The molecule has 1 heterocycles. The maximum Gasteiger partial charge on any atom is 0.138 e. The predicted octanol–water partition coefficient (Wildman–Crippen LogP) is 2.29. The number of aryl methyl sites for hydroxylation is 1. The van der Waals surface area contributed by atoms with Crippen LogP contribution in [0.5, 0.6) is 0 Å². The van der Waals surface area contributed by atoms with Crippen molar-refractivity contribution in [3.05, 3.63) is 41.4 Å². The summed E-state index contributed by atoms with van der Waals surface area (Å²) in [7, 11) is 0. The van der Waals surface area contributed by atoms with Gasteiger partial charge in [-0.15, -0.1) is 0 Å². The zero-order valence-electron chi connectivity index (χ0n) is 9.03. The predicted molar refractivity (Wildman–Crippen MR) is 59.4 cm³/mol. The topological polar surface area (TPSA) is 52.0 Å². The average molecular weight is 220 g/mol. The monoisotopic (exact) mass is 220 g/mol. The van der Waals surface area contributed by atoms with Crippen LogP contribution in [0.15, 0.2) is 28.8 Å². The van der Waals surface area contributed by atoms with Crippen LogP contribution in [0.1, 0.15) is 11.3 Å². The van der Waals surface area contributed by atoms with E-state index in [1.165, 1.54) is 6.07 Å². The van der Waals surface area contributed by atoms with Crippen LogP contribution >= 0.6 is 0 Å². The van der Waals surface area contributed by atoms with Gasteiger partial charge in [-0.3, -0.25) is 0 Å². The molecule has 2 N–H and O–H groups in total. The molecule has 16 heavy (non-hydrogen) atoms. The summed E-state index contributed by atoms with van der Waals surface area (Å²) >= 11 is 0. The highest BCUT2D eigenvalue weighted by Crippen LogP contribution is 2.21. The van der Waals surface area contributed by atoms with E-state index < -0.39 is 0 Å². The molecule has 0 fully saturated rings. The van der Waals surface area contributed by atoms with Gasteiger partial charge in [-0.1, -0.05) is 5.16 Å². The van der Waals surface area contributed by atoms with E-state index in [-0.39, 0.29) is 5.82 Å². The Morgan fingerprint density at radius 3 is 2.88 bits per heavy atom. The number of benzene rings is 1. The number of hydrogen-bond acceptors (Lipinski definition) is 3. The summed E-state index contributed by atoms with van der Waals surface area (Å²) in [6.07, 6.45) is 0.660. The summed E-state index contributed by atoms with van der Waals surface area (Å²) in [6, 6.07) is 6.70. The summed E-state index contributed by atoms with van der Waals surface area (Å²) in [5, 5.41) is 3.92. The third kappa shape index (κ3) is 2.12. The van der Waals surface area contributed by atoms with Gasteiger partial charge in [-0.25, -0.2) is 4.39 Å². The number of rotatable bonds is 3. The Morgan fingerprint density at radius 1 is 1.38 bits per heavy atom. The van der Waals surface area contributed by atoms with Crippen LogP contribution in [0.4, 0.5) is 4.39 Å². The molecule has 0 atom stereocenters. The maximum atomic E-state index is 13.1. The first kappa shape index (κ1) is 10.8. The van der Waals surface area contributed by atoms with Crippen LogP contribution in [0, 0.1) is 12.7 Å². The number of nitrogens with two attached hydrogens (primary N) is 1. The molecule has 1 aromatic heterocycles. The summed E-state index contributed by atoms with van der Waals surface area (Å²) < 4.78 is 18.2. The fourth-order valence-electron chi connectivity index (χ4n) is 1.51. The lowest BCUT2D eigenvalue weighted by atomic mass is 10.1. The van der Waals surface area contributed by atoms with Gasteiger partial charge in [0.1, 0.15) is 17.3 Å². The minimum absolute atomic E-state index is 0.213. The lowest BCUT2D eigenvalue weighted by Crippen LogP contribution is -2.01. The van der Waals surface area contributed by atoms with Crippen LogP contribution < -0.4 is 5.73 Å². The van der Waals surface area contributed by atoms with Crippen molar-refractivity contribution >= 4 is 0 Å². The van der Waals surface area contributed by atoms with Gasteiger partial charge >= 0.3 is 0 Å². The van der Waals surface area contributed by atoms with Gasteiger partial charge in [0, 0.05) is 18.1 Å². The highest BCUT2D eigenvalue weighted by atomic mass is 19.1. The zero-order chi connectivity index (χ0) is 11.5. The van der Waals surface area contributed by atoms with Crippen LogP contribution in [0.3, 0.4) is 0 Å². The lowest BCUT2D eigenvalue weighted by molar-refractivity contribution is 0.386. The summed E-state index contributed by atoms with van der Waals surface area (Å²) in [6.45, 7) is 2.25. The van der Waals surface area contributed by atoms with Gasteiger partial charge in [0.15, 0.2) is 0 Å². The van der Waals surface area contributed by atoms with Crippen molar-refractivity contribution in [2.75, 3.05) is 6.54 Å². The van der Waals surface area contributed by atoms with E-state index in [1.54, 1.807) is 19.1 Å². The summed E-state index contributed by atoms with van der Waals surface area (Å²) in [4.78, 5) is 0. The van der Waals surface area contributed by atoms with E-state index >= 15 is 0 Å². The van der Waals surface area contributed by atoms with E-state index in [9.17, 15) is 4.39 Å². The second-order valence-electron chi connectivity index (χ2n) is 3.68. The van der Waals surface area contributed by atoms with E-state index in [1.807, 2.05) is 6.07 Å². The first-order valence-electron chi connectivity index (χ1n) is 5.13. The summed E-state index contributed by atoms with van der Waals surface area (Å²) in [5.74, 6) is 0.536. The van der Waals surface area contributed by atoms with Crippen LogP contribution in [0.25, 0.3) is 11.3 Å². The van der Waals surface area contributed by atoms with Crippen LogP contribution in [0.2, 0.25) is 0 Å². The molecule has 0 radical (unpaired) electrons. The molecule has 0 aliphatic heterocycles. The molecule has 4 heteroatoms. The normalized spacial score (nSPS) is 10.7.